The van der Waals surface area contributed by atoms with Gasteiger partial charge in [-0.05, 0) is 43.2 Å². The summed E-state index contributed by atoms with van der Waals surface area (Å²) in [5.41, 5.74) is 1.08. The molecule has 0 spiro atoms. The van der Waals surface area contributed by atoms with Crippen LogP contribution in [0.5, 0.6) is 5.75 Å². The molecule has 0 aliphatic heterocycles. The van der Waals surface area contributed by atoms with Crippen LogP contribution < -0.4 is 4.74 Å². The van der Waals surface area contributed by atoms with E-state index in [9.17, 15) is 13.9 Å². The summed E-state index contributed by atoms with van der Waals surface area (Å²) in [6, 6.07) is 9.98. The van der Waals surface area contributed by atoms with Crippen LogP contribution in [0.3, 0.4) is 0 Å². The van der Waals surface area contributed by atoms with Crippen molar-refractivity contribution >= 4 is 0 Å². The highest BCUT2D eigenvalue weighted by molar-refractivity contribution is 5.29. The van der Waals surface area contributed by atoms with E-state index in [2.05, 4.69) is 0 Å². The molecule has 21 heavy (non-hydrogen) atoms. The van der Waals surface area contributed by atoms with Gasteiger partial charge in [-0.15, -0.1) is 0 Å². The third kappa shape index (κ3) is 3.79. The quantitative estimate of drug-likeness (QED) is 0.899. The van der Waals surface area contributed by atoms with Gasteiger partial charge in [0.15, 0.2) is 0 Å². The number of ether oxygens (including phenoxy) is 1. The Morgan fingerprint density at radius 3 is 2.62 bits per heavy atom. The Morgan fingerprint density at radius 2 is 1.90 bits per heavy atom. The predicted molar refractivity (Wildman–Crippen MR) is 77.3 cm³/mol. The molecule has 0 radical (unpaired) electrons. The van der Waals surface area contributed by atoms with E-state index >= 15 is 0 Å². The predicted octanol–water partition coefficient (Wildman–Crippen LogP) is 4.08. The van der Waals surface area contributed by atoms with Gasteiger partial charge < -0.3 is 9.84 Å². The molecule has 2 aromatic rings. The number of aliphatic hydroxyl groups excluding tert-OH is 1. The van der Waals surface area contributed by atoms with Crippen LogP contribution in [0.2, 0.25) is 0 Å². The molecule has 0 saturated carbocycles. The number of aliphatic hydroxyl groups is 1. The van der Waals surface area contributed by atoms with Crippen LogP contribution in [0.4, 0.5) is 8.78 Å². The summed E-state index contributed by atoms with van der Waals surface area (Å²) < 4.78 is 33.0. The van der Waals surface area contributed by atoms with Gasteiger partial charge in [0.05, 0.1) is 18.3 Å². The van der Waals surface area contributed by atoms with Crippen LogP contribution in [0.1, 0.15) is 29.2 Å². The van der Waals surface area contributed by atoms with E-state index in [4.69, 9.17) is 4.74 Å². The summed E-state index contributed by atoms with van der Waals surface area (Å²) in [5, 5.41) is 9.98. The molecule has 0 aromatic heterocycles. The normalized spacial score (nSPS) is 12.2. The van der Waals surface area contributed by atoms with Gasteiger partial charge in [-0.2, -0.15) is 0 Å². The lowest BCUT2D eigenvalue weighted by Gasteiger charge is -2.15. The molecule has 0 amide bonds. The molecular weight excluding hydrogens is 274 g/mol. The summed E-state index contributed by atoms with van der Waals surface area (Å²) in [6.07, 6.45) is -1.11. The number of halogens is 2. The Labute approximate surface area is 123 Å². The standard InChI is InChI=1S/C17H18F2O2/c1-11-4-3-5-13(10-11)21-9-8-15(20)16-14(18)7-6-12(2)17(16)19/h3-7,10,15,20H,8-9H2,1-2H3. The molecule has 0 aliphatic carbocycles. The number of hydrogen-bond acceptors (Lipinski definition) is 2. The van der Waals surface area contributed by atoms with Crippen molar-refractivity contribution in [3.8, 4) is 5.75 Å². The smallest absolute Gasteiger partial charge is 0.134 e. The van der Waals surface area contributed by atoms with Crippen molar-refractivity contribution < 1.29 is 18.6 Å². The van der Waals surface area contributed by atoms with Crippen LogP contribution >= 0.6 is 0 Å². The summed E-state index contributed by atoms with van der Waals surface area (Å²) in [5.74, 6) is -0.758. The van der Waals surface area contributed by atoms with Gasteiger partial charge in [-0.25, -0.2) is 8.78 Å². The fourth-order valence-electron chi connectivity index (χ4n) is 2.12. The Kier molecular flexibility index (Phi) is 4.91. The Hall–Kier alpha value is -1.94. The SMILES string of the molecule is Cc1cccc(OCCC(O)c2c(F)ccc(C)c2F)c1. The molecule has 0 heterocycles. The van der Waals surface area contributed by atoms with Crippen LogP contribution in [0.25, 0.3) is 0 Å². The van der Waals surface area contributed by atoms with E-state index in [1.807, 2.05) is 25.1 Å². The largest absolute Gasteiger partial charge is 0.493 e. The zero-order chi connectivity index (χ0) is 15.4. The third-order valence-corrected chi connectivity index (χ3v) is 3.30. The molecule has 1 unspecified atom stereocenters. The maximum absolute atomic E-state index is 13.9. The van der Waals surface area contributed by atoms with E-state index < -0.39 is 17.7 Å². The highest BCUT2D eigenvalue weighted by Gasteiger charge is 2.19. The van der Waals surface area contributed by atoms with E-state index in [0.29, 0.717) is 11.3 Å². The first kappa shape index (κ1) is 15.4. The van der Waals surface area contributed by atoms with E-state index in [-0.39, 0.29) is 18.6 Å². The van der Waals surface area contributed by atoms with Crippen molar-refractivity contribution in [2.24, 2.45) is 0 Å². The lowest BCUT2D eigenvalue weighted by Crippen LogP contribution is -2.10. The molecular formula is C17H18F2O2. The number of benzene rings is 2. The number of rotatable bonds is 5. The molecule has 0 aliphatic rings. The summed E-state index contributed by atoms with van der Waals surface area (Å²) >= 11 is 0. The van der Waals surface area contributed by atoms with Gasteiger partial charge in [0, 0.05) is 6.42 Å². The van der Waals surface area contributed by atoms with E-state index in [1.165, 1.54) is 19.1 Å². The van der Waals surface area contributed by atoms with Gasteiger partial charge in [-0.1, -0.05) is 18.2 Å². The Morgan fingerprint density at radius 1 is 1.14 bits per heavy atom. The second-order valence-electron chi connectivity index (χ2n) is 5.06. The minimum atomic E-state index is -1.23. The summed E-state index contributed by atoms with van der Waals surface area (Å²) in [4.78, 5) is 0. The van der Waals surface area contributed by atoms with Crippen molar-refractivity contribution in [3.63, 3.8) is 0 Å². The topological polar surface area (TPSA) is 29.5 Å². The molecule has 1 atom stereocenters. The van der Waals surface area contributed by atoms with Gasteiger partial charge in [0.1, 0.15) is 17.4 Å². The van der Waals surface area contributed by atoms with Crippen LogP contribution in [0, 0.1) is 25.5 Å². The molecule has 2 nitrogen and oxygen atoms in total. The van der Waals surface area contributed by atoms with Crippen LogP contribution in [0.15, 0.2) is 36.4 Å². The van der Waals surface area contributed by atoms with Crippen LogP contribution in [-0.2, 0) is 0 Å². The molecule has 0 saturated heterocycles. The first-order chi connectivity index (χ1) is 9.99. The minimum absolute atomic E-state index is 0.116. The minimum Gasteiger partial charge on any atom is -0.493 e. The number of hydrogen-bond donors (Lipinski definition) is 1. The van der Waals surface area contributed by atoms with Crippen molar-refractivity contribution in [3.05, 3.63) is 64.7 Å². The Bertz CT molecular complexity index is 626. The van der Waals surface area contributed by atoms with Crippen molar-refractivity contribution in [1.29, 1.82) is 0 Å². The fraction of sp³-hybridized carbons (Fsp3) is 0.294. The Balaban J connectivity index is 1.99. The summed E-state index contributed by atoms with van der Waals surface area (Å²) in [6.45, 7) is 3.66. The lowest BCUT2D eigenvalue weighted by atomic mass is 10.0. The maximum atomic E-state index is 13.9. The molecule has 0 bridgehead atoms. The average molecular weight is 292 g/mol. The lowest BCUT2D eigenvalue weighted by molar-refractivity contribution is 0.133. The average Bonchev–Trinajstić information content (AvgIpc) is 2.43. The first-order valence-corrected chi connectivity index (χ1v) is 6.81. The molecule has 2 aromatic carbocycles. The number of aryl methyl sites for hydroxylation is 2. The molecule has 1 N–H and O–H groups in total. The fourth-order valence-corrected chi connectivity index (χ4v) is 2.12. The summed E-state index contributed by atoms with van der Waals surface area (Å²) in [7, 11) is 0. The van der Waals surface area contributed by atoms with Crippen molar-refractivity contribution in [2.75, 3.05) is 6.61 Å². The monoisotopic (exact) mass is 292 g/mol. The molecule has 2 rings (SSSR count). The third-order valence-electron chi connectivity index (χ3n) is 3.30. The van der Waals surface area contributed by atoms with Crippen molar-refractivity contribution in [2.45, 2.75) is 26.4 Å². The van der Waals surface area contributed by atoms with Gasteiger partial charge in [0.25, 0.3) is 0 Å². The van der Waals surface area contributed by atoms with E-state index in [1.54, 1.807) is 6.07 Å². The molecule has 112 valence electrons. The highest BCUT2D eigenvalue weighted by atomic mass is 19.1. The van der Waals surface area contributed by atoms with Crippen LogP contribution in [-0.4, -0.2) is 11.7 Å². The zero-order valence-electron chi connectivity index (χ0n) is 12.1. The molecule has 4 heteroatoms. The van der Waals surface area contributed by atoms with Crippen molar-refractivity contribution in [1.82, 2.24) is 0 Å². The first-order valence-electron chi connectivity index (χ1n) is 6.81. The zero-order valence-corrected chi connectivity index (χ0v) is 12.1. The second-order valence-corrected chi connectivity index (χ2v) is 5.06. The van der Waals surface area contributed by atoms with Gasteiger partial charge >= 0.3 is 0 Å². The molecule has 0 fully saturated rings. The highest BCUT2D eigenvalue weighted by Crippen LogP contribution is 2.25. The maximum Gasteiger partial charge on any atom is 0.134 e. The second kappa shape index (κ2) is 6.68. The van der Waals surface area contributed by atoms with E-state index in [0.717, 1.165) is 5.56 Å². The van der Waals surface area contributed by atoms with Gasteiger partial charge in [0.2, 0.25) is 0 Å². The van der Waals surface area contributed by atoms with Gasteiger partial charge in [-0.3, -0.25) is 0 Å².